The molecule has 1 aromatic heterocycles. The molecule has 0 spiro atoms. The number of aliphatic hydroxyl groups is 1. The molecule has 0 radical (unpaired) electrons. The van der Waals surface area contributed by atoms with Crippen molar-refractivity contribution in [2.75, 3.05) is 14.2 Å². The Morgan fingerprint density at radius 3 is 1.73 bits per heavy atom. The van der Waals surface area contributed by atoms with Gasteiger partial charge in [-0.3, -0.25) is 0 Å². The van der Waals surface area contributed by atoms with E-state index in [1.54, 1.807) is 62.8 Å². The number of methoxy groups -OCH3 is 2. The molecule has 3 rings (SSSR count). The van der Waals surface area contributed by atoms with Crippen LogP contribution in [0.1, 0.15) is 30.0 Å². The van der Waals surface area contributed by atoms with E-state index in [2.05, 4.69) is 9.97 Å². The molecule has 0 aliphatic rings. The molecule has 0 fully saturated rings. The van der Waals surface area contributed by atoms with Crippen LogP contribution in [0.5, 0.6) is 11.5 Å². The molecule has 3 aromatic rings. The summed E-state index contributed by atoms with van der Waals surface area (Å²) in [5.41, 5.74) is 1.49. The van der Waals surface area contributed by atoms with Crippen LogP contribution in [0.15, 0.2) is 60.9 Å². The minimum absolute atomic E-state index is 0.0691. The van der Waals surface area contributed by atoms with E-state index in [0.717, 1.165) is 23.5 Å². The minimum Gasteiger partial charge on any atom is -0.497 e. The Bertz CT molecular complexity index is 1090. The Balaban J connectivity index is 1.91. The van der Waals surface area contributed by atoms with Crippen molar-refractivity contribution >= 4 is 10.0 Å². The molecule has 33 heavy (non-hydrogen) atoms. The number of sulfonamides is 1. The zero-order valence-electron chi connectivity index (χ0n) is 18.6. The zero-order chi connectivity index (χ0) is 24.0. The summed E-state index contributed by atoms with van der Waals surface area (Å²) in [5.74, 6) is 0.463. The van der Waals surface area contributed by atoms with Crippen LogP contribution in [0, 0.1) is 5.82 Å². The number of halogens is 1. The lowest BCUT2D eigenvalue weighted by Gasteiger charge is -2.28. The first-order valence-corrected chi connectivity index (χ1v) is 11.6. The molecule has 0 saturated heterocycles. The van der Waals surface area contributed by atoms with Crippen molar-refractivity contribution in [1.82, 2.24) is 14.3 Å². The third-order valence-corrected chi connectivity index (χ3v) is 7.39. The van der Waals surface area contributed by atoms with Crippen molar-refractivity contribution in [1.29, 1.82) is 0 Å². The Morgan fingerprint density at radius 2 is 1.33 bits per heavy atom. The number of rotatable bonds is 10. The van der Waals surface area contributed by atoms with Crippen LogP contribution >= 0.6 is 0 Å². The molecule has 0 aliphatic carbocycles. The monoisotopic (exact) mass is 475 g/mol. The molecular weight excluding hydrogens is 449 g/mol. The first-order chi connectivity index (χ1) is 15.7. The highest BCUT2D eigenvalue weighted by molar-refractivity contribution is 7.89. The Labute approximate surface area is 192 Å². The number of hydrogen-bond donors (Lipinski definition) is 1. The summed E-state index contributed by atoms with van der Waals surface area (Å²) in [5, 5.41) is 9.37. The highest BCUT2D eigenvalue weighted by Gasteiger charge is 2.36. The van der Waals surface area contributed by atoms with Gasteiger partial charge in [0.1, 0.15) is 22.9 Å². The average Bonchev–Trinajstić information content (AvgIpc) is 2.84. The predicted molar refractivity (Wildman–Crippen MR) is 121 cm³/mol. The second-order valence-electron chi connectivity index (χ2n) is 7.42. The fourth-order valence-corrected chi connectivity index (χ4v) is 4.76. The van der Waals surface area contributed by atoms with Gasteiger partial charge in [-0.05, 0) is 42.3 Å². The molecule has 10 heteroatoms. The van der Waals surface area contributed by atoms with Gasteiger partial charge < -0.3 is 14.6 Å². The molecule has 1 heterocycles. The lowest BCUT2D eigenvalue weighted by Crippen LogP contribution is -2.40. The van der Waals surface area contributed by atoms with E-state index in [0.29, 0.717) is 11.5 Å². The van der Waals surface area contributed by atoms with Gasteiger partial charge in [0, 0.05) is 13.1 Å². The van der Waals surface area contributed by atoms with Crippen LogP contribution in [-0.4, -0.2) is 47.3 Å². The van der Waals surface area contributed by atoms with Gasteiger partial charge in [-0.1, -0.05) is 24.3 Å². The lowest BCUT2D eigenvalue weighted by atomic mass is 10.2. The van der Waals surface area contributed by atoms with Gasteiger partial charge in [-0.25, -0.2) is 22.8 Å². The Kier molecular flexibility index (Phi) is 7.96. The van der Waals surface area contributed by atoms with Crippen molar-refractivity contribution in [3.63, 3.8) is 0 Å². The average molecular weight is 476 g/mol. The molecule has 2 atom stereocenters. The maximum atomic E-state index is 13.6. The van der Waals surface area contributed by atoms with Crippen LogP contribution in [0.25, 0.3) is 0 Å². The molecule has 0 saturated carbocycles. The van der Waals surface area contributed by atoms with Crippen LogP contribution in [0.2, 0.25) is 0 Å². The summed E-state index contributed by atoms with van der Waals surface area (Å²) in [6.07, 6.45) is 0.235. The number of benzene rings is 2. The van der Waals surface area contributed by atoms with Crippen molar-refractivity contribution in [2.24, 2.45) is 0 Å². The number of aliphatic hydroxyl groups excluding tert-OH is 1. The summed E-state index contributed by atoms with van der Waals surface area (Å²) in [6.45, 7) is 1.52. The summed E-state index contributed by atoms with van der Waals surface area (Å²) in [4.78, 5) is 7.46. The maximum absolute atomic E-state index is 13.6. The summed E-state index contributed by atoms with van der Waals surface area (Å²) in [7, 11) is -0.936. The standard InChI is InChI=1S/C23H26FN3O5S/c1-16(22(28)23-25-12-19(24)13-26-23)33(29,30)27(14-17-4-8-20(31-2)9-5-17)15-18-6-10-21(32-3)11-7-18/h4-13,16,22,28H,14-15H2,1-3H3. The smallest absolute Gasteiger partial charge is 0.220 e. The SMILES string of the molecule is COc1ccc(CN(Cc2ccc(OC)cc2)S(=O)(=O)C(C)C(O)c2ncc(F)cn2)cc1. The molecule has 0 aliphatic heterocycles. The van der Waals surface area contributed by atoms with E-state index >= 15 is 0 Å². The summed E-state index contributed by atoms with van der Waals surface area (Å²) < 4.78 is 51.9. The molecule has 176 valence electrons. The molecule has 1 N–H and O–H groups in total. The predicted octanol–water partition coefficient (Wildman–Crippen LogP) is 3.09. The maximum Gasteiger partial charge on any atom is 0.220 e. The van der Waals surface area contributed by atoms with E-state index in [1.807, 2.05) is 0 Å². The molecule has 0 amide bonds. The van der Waals surface area contributed by atoms with Gasteiger partial charge in [0.2, 0.25) is 10.0 Å². The third-order valence-electron chi connectivity index (χ3n) is 5.22. The third kappa shape index (κ3) is 6.04. The first-order valence-electron chi connectivity index (χ1n) is 10.1. The Hall–Kier alpha value is -3.08. The van der Waals surface area contributed by atoms with E-state index in [4.69, 9.17) is 9.47 Å². The zero-order valence-corrected chi connectivity index (χ0v) is 19.4. The summed E-state index contributed by atoms with van der Waals surface area (Å²) >= 11 is 0. The van der Waals surface area contributed by atoms with E-state index in [9.17, 15) is 17.9 Å². The highest BCUT2D eigenvalue weighted by Crippen LogP contribution is 2.26. The van der Waals surface area contributed by atoms with Gasteiger partial charge in [0.05, 0.1) is 26.6 Å². The molecular formula is C23H26FN3O5S. The highest BCUT2D eigenvalue weighted by atomic mass is 32.2. The quantitative estimate of drug-likeness (QED) is 0.481. The van der Waals surface area contributed by atoms with Crippen LogP contribution in [-0.2, 0) is 23.1 Å². The van der Waals surface area contributed by atoms with Crippen LogP contribution in [0.4, 0.5) is 4.39 Å². The molecule has 2 aromatic carbocycles. The fraction of sp³-hybridized carbons (Fsp3) is 0.304. The number of hydrogen-bond acceptors (Lipinski definition) is 7. The van der Waals surface area contributed by atoms with Gasteiger partial charge in [-0.15, -0.1) is 0 Å². The fourth-order valence-electron chi connectivity index (χ4n) is 3.19. The lowest BCUT2D eigenvalue weighted by molar-refractivity contribution is 0.162. The van der Waals surface area contributed by atoms with Gasteiger partial charge in [-0.2, -0.15) is 4.31 Å². The van der Waals surface area contributed by atoms with Crippen molar-refractivity contribution < 1.29 is 27.4 Å². The van der Waals surface area contributed by atoms with E-state index in [1.165, 1.54) is 11.2 Å². The topological polar surface area (TPSA) is 102 Å². The number of aromatic nitrogens is 2. The molecule has 2 unspecified atom stereocenters. The second kappa shape index (κ2) is 10.7. The summed E-state index contributed by atoms with van der Waals surface area (Å²) in [6, 6.07) is 14.1. The first kappa shape index (κ1) is 24.6. The van der Waals surface area contributed by atoms with Crippen LogP contribution in [0.3, 0.4) is 0 Å². The number of ether oxygens (including phenoxy) is 2. The van der Waals surface area contributed by atoms with Gasteiger partial charge in [0.25, 0.3) is 0 Å². The second-order valence-corrected chi connectivity index (χ2v) is 9.71. The van der Waals surface area contributed by atoms with Crippen molar-refractivity contribution in [3.05, 3.63) is 83.7 Å². The largest absolute Gasteiger partial charge is 0.497 e. The van der Waals surface area contributed by atoms with Crippen molar-refractivity contribution in [3.8, 4) is 11.5 Å². The Morgan fingerprint density at radius 1 is 0.909 bits per heavy atom. The van der Waals surface area contributed by atoms with Gasteiger partial charge in [0.15, 0.2) is 11.6 Å². The van der Waals surface area contributed by atoms with Crippen molar-refractivity contribution in [2.45, 2.75) is 31.4 Å². The molecule has 8 nitrogen and oxygen atoms in total. The van der Waals surface area contributed by atoms with Gasteiger partial charge >= 0.3 is 0 Å². The number of nitrogens with zero attached hydrogens (tertiary/aromatic N) is 3. The molecule has 0 bridgehead atoms. The normalized spacial score (nSPS) is 13.5. The van der Waals surface area contributed by atoms with Crippen LogP contribution < -0.4 is 9.47 Å². The van der Waals surface area contributed by atoms with E-state index in [-0.39, 0.29) is 18.9 Å². The van der Waals surface area contributed by atoms with E-state index < -0.39 is 27.2 Å². The minimum atomic E-state index is -4.04.